The van der Waals surface area contributed by atoms with E-state index in [0.29, 0.717) is 19.4 Å². The lowest BCUT2D eigenvalue weighted by Gasteiger charge is -2.36. The van der Waals surface area contributed by atoms with Gasteiger partial charge in [-0.3, -0.25) is 4.90 Å². The summed E-state index contributed by atoms with van der Waals surface area (Å²) in [5, 5.41) is 0. The van der Waals surface area contributed by atoms with Crippen LogP contribution < -0.4 is 5.73 Å². The summed E-state index contributed by atoms with van der Waals surface area (Å²) >= 11 is 3.34. The number of nitrogens with zero attached hydrogens (tertiary/aromatic N) is 1. The van der Waals surface area contributed by atoms with Gasteiger partial charge in [0.25, 0.3) is 0 Å². The quantitative estimate of drug-likeness (QED) is 0.769. The van der Waals surface area contributed by atoms with E-state index in [1.807, 2.05) is 38.1 Å². The molecule has 1 rings (SSSR count). The van der Waals surface area contributed by atoms with Crippen molar-refractivity contribution in [3.05, 3.63) is 34.3 Å². The van der Waals surface area contributed by atoms with Crippen LogP contribution in [0.2, 0.25) is 0 Å². The molecule has 21 heavy (non-hydrogen) atoms. The van der Waals surface area contributed by atoms with Crippen LogP contribution in [0, 0.1) is 0 Å². The van der Waals surface area contributed by atoms with Crippen molar-refractivity contribution in [2.45, 2.75) is 44.9 Å². The molecule has 0 spiro atoms. The van der Waals surface area contributed by atoms with Crippen LogP contribution in [-0.2, 0) is 0 Å². The molecule has 0 saturated heterocycles. The van der Waals surface area contributed by atoms with Gasteiger partial charge in [-0.2, -0.15) is 13.2 Å². The van der Waals surface area contributed by atoms with Gasteiger partial charge in [0.2, 0.25) is 0 Å². The largest absolute Gasteiger partial charge is 0.401 e. The second-order valence-corrected chi connectivity index (χ2v) is 6.07. The lowest BCUT2D eigenvalue weighted by molar-refractivity contribution is -0.152. The van der Waals surface area contributed by atoms with Crippen molar-refractivity contribution in [2.24, 2.45) is 5.73 Å². The number of hydrogen-bond donors (Lipinski definition) is 1. The zero-order valence-corrected chi connectivity index (χ0v) is 13.9. The highest BCUT2D eigenvalue weighted by molar-refractivity contribution is 9.10. The minimum absolute atomic E-state index is 0.333. The Balaban J connectivity index is 3.10. The first-order chi connectivity index (χ1) is 9.78. The molecule has 0 bridgehead atoms. The molecule has 120 valence electrons. The first-order valence-electron chi connectivity index (χ1n) is 7.10. The molecule has 0 aromatic heterocycles. The first-order valence-corrected chi connectivity index (χ1v) is 7.89. The van der Waals surface area contributed by atoms with Gasteiger partial charge in [-0.25, -0.2) is 0 Å². The highest BCUT2D eigenvalue weighted by Gasteiger charge is 2.35. The van der Waals surface area contributed by atoms with E-state index in [4.69, 9.17) is 5.73 Å². The number of halogens is 4. The van der Waals surface area contributed by atoms with Crippen LogP contribution in [-0.4, -0.2) is 30.2 Å². The molecule has 0 radical (unpaired) electrons. The SMILES string of the molecule is CCCN(CC(F)(F)F)C(c1ccc(Br)cc1)C(N)CC. The normalized spacial score (nSPS) is 15.2. The van der Waals surface area contributed by atoms with Crippen molar-refractivity contribution in [2.75, 3.05) is 13.1 Å². The zero-order valence-electron chi connectivity index (χ0n) is 12.3. The average Bonchev–Trinajstić information content (AvgIpc) is 2.39. The zero-order chi connectivity index (χ0) is 16.0. The van der Waals surface area contributed by atoms with E-state index >= 15 is 0 Å². The van der Waals surface area contributed by atoms with Crippen molar-refractivity contribution in [3.8, 4) is 0 Å². The van der Waals surface area contributed by atoms with Gasteiger partial charge in [0.05, 0.1) is 12.6 Å². The maximum Gasteiger partial charge on any atom is 0.401 e. The van der Waals surface area contributed by atoms with Gasteiger partial charge in [0.1, 0.15) is 0 Å². The number of alkyl halides is 3. The van der Waals surface area contributed by atoms with E-state index in [-0.39, 0.29) is 6.04 Å². The van der Waals surface area contributed by atoms with Crippen LogP contribution in [0.25, 0.3) is 0 Å². The molecule has 1 aromatic carbocycles. The molecule has 0 aliphatic heterocycles. The van der Waals surface area contributed by atoms with Gasteiger partial charge >= 0.3 is 6.18 Å². The summed E-state index contributed by atoms with van der Waals surface area (Å²) in [6.07, 6.45) is -2.95. The Morgan fingerprint density at radius 1 is 1.19 bits per heavy atom. The summed E-state index contributed by atoms with van der Waals surface area (Å²) in [4.78, 5) is 1.44. The molecular formula is C15H22BrF3N2. The van der Waals surface area contributed by atoms with E-state index in [2.05, 4.69) is 15.9 Å². The second kappa shape index (κ2) is 8.15. The molecular weight excluding hydrogens is 345 g/mol. The molecule has 0 amide bonds. The van der Waals surface area contributed by atoms with Crippen molar-refractivity contribution in [1.29, 1.82) is 0 Å². The Labute approximate surface area is 132 Å². The van der Waals surface area contributed by atoms with Crippen molar-refractivity contribution >= 4 is 15.9 Å². The third-order valence-electron chi connectivity index (χ3n) is 3.38. The summed E-state index contributed by atoms with van der Waals surface area (Å²) in [5.74, 6) is 0. The molecule has 0 saturated carbocycles. The van der Waals surface area contributed by atoms with Crippen LogP contribution in [0.5, 0.6) is 0 Å². The van der Waals surface area contributed by atoms with Gasteiger partial charge in [0.15, 0.2) is 0 Å². The maximum atomic E-state index is 12.8. The summed E-state index contributed by atoms with van der Waals surface area (Å²) in [6.45, 7) is 3.21. The van der Waals surface area contributed by atoms with E-state index in [1.54, 1.807) is 0 Å². The summed E-state index contributed by atoms with van der Waals surface area (Å²) < 4.78 is 39.4. The molecule has 2 nitrogen and oxygen atoms in total. The number of rotatable bonds is 7. The summed E-state index contributed by atoms with van der Waals surface area (Å²) in [7, 11) is 0. The van der Waals surface area contributed by atoms with E-state index < -0.39 is 18.8 Å². The maximum absolute atomic E-state index is 12.8. The standard InChI is InChI=1S/C15H22BrF3N2/c1-3-9-21(10-15(17,18)19)14(13(20)4-2)11-5-7-12(16)8-6-11/h5-8,13-14H,3-4,9-10,20H2,1-2H3. The van der Waals surface area contributed by atoms with E-state index in [9.17, 15) is 13.2 Å². The summed E-state index contributed by atoms with van der Waals surface area (Å²) in [6, 6.07) is 6.59. The van der Waals surface area contributed by atoms with Gasteiger partial charge < -0.3 is 5.73 Å². The topological polar surface area (TPSA) is 29.3 Å². The highest BCUT2D eigenvalue weighted by atomic mass is 79.9. The van der Waals surface area contributed by atoms with Crippen LogP contribution >= 0.6 is 15.9 Å². The van der Waals surface area contributed by atoms with E-state index in [0.717, 1.165) is 10.0 Å². The Morgan fingerprint density at radius 2 is 1.76 bits per heavy atom. The molecule has 2 N–H and O–H groups in total. The highest BCUT2D eigenvalue weighted by Crippen LogP contribution is 2.30. The Bertz CT molecular complexity index is 420. The van der Waals surface area contributed by atoms with Crippen LogP contribution in [0.4, 0.5) is 13.2 Å². The molecule has 1 aromatic rings. The Morgan fingerprint density at radius 3 is 2.19 bits per heavy atom. The molecule has 0 aliphatic rings. The van der Waals surface area contributed by atoms with Gasteiger partial charge in [-0.05, 0) is 37.1 Å². The smallest absolute Gasteiger partial charge is 0.326 e. The fourth-order valence-electron chi connectivity index (χ4n) is 2.45. The molecule has 6 heteroatoms. The molecule has 0 heterocycles. The average molecular weight is 367 g/mol. The summed E-state index contributed by atoms with van der Waals surface area (Å²) in [5.41, 5.74) is 6.94. The fraction of sp³-hybridized carbons (Fsp3) is 0.600. The monoisotopic (exact) mass is 366 g/mol. The van der Waals surface area contributed by atoms with Gasteiger partial charge in [-0.1, -0.05) is 41.9 Å². The van der Waals surface area contributed by atoms with Gasteiger partial charge in [0, 0.05) is 10.5 Å². The molecule has 0 fully saturated rings. The van der Waals surface area contributed by atoms with Crippen molar-refractivity contribution < 1.29 is 13.2 Å². The lowest BCUT2D eigenvalue weighted by Crippen LogP contribution is -2.45. The van der Waals surface area contributed by atoms with Crippen LogP contribution in [0.3, 0.4) is 0 Å². The van der Waals surface area contributed by atoms with Crippen LogP contribution in [0.15, 0.2) is 28.7 Å². The Hall–Kier alpha value is -0.590. The fourth-order valence-corrected chi connectivity index (χ4v) is 2.71. The molecule has 2 atom stereocenters. The minimum atomic E-state index is -4.23. The third-order valence-corrected chi connectivity index (χ3v) is 3.90. The van der Waals surface area contributed by atoms with Crippen LogP contribution in [0.1, 0.15) is 38.3 Å². The first kappa shape index (κ1) is 18.5. The van der Waals surface area contributed by atoms with E-state index in [1.165, 1.54) is 4.90 Å². The minimum Gasteiger partial charge on any atom is -0.326 e. The Kier molecular flexibility index (Phi) is 7.16. The van der Waals surface area contributed by atoms with Crippen molar-refractivity contribution in [3.63, 3.8) is 0 Å². The van der Waals surface area contributed by atoms with Crippen molar-refractivity contribution in [1.82, 2.24) is 4.90 Å². The lowest BCUT2D eigenvalue weighted by atomic mass is 9.96. The molecule has 0 aliphatic carbocycles. The van der Waals surface area contributed by atoms with Gasteiger partial charge in [-0.15, -0.1) is 0 Å². The predicted molar refractivity (Wildman–Crippen MR) is 83.1 cm³/mol. The second-order valence-electron chi connectivity index (χ2n) is 5.15. The number of benzene rings is 1. The third kappa shape index (κ3) is 5.96. The molecule has 2 unspecified atom stereocenters. The number of nitrogens with two attached hydrogens (primary N) is 1. The number of hydrogen-bond acceptors (Lipinski definition) is 2. The predicted octanol–water partition coefficient (Wildman–Crippen LogP) is 4.50.